The minimum atomic E-state index is -3.25. The van der Waals surface area contributed by atoms with Crippen molar-refractivity contribution in [3.05, 3.63) is 0 Å². The molecule has 0 rings (SSSR count). The molecule has 0 aromatic carbocycles. The van der Waals surface area contributed by atoms with Crippen LogP contribution in [-0.4, -0.2) is 23.6 Å². The van der Waals surface area contributed by atoms with Crippen molar-refractivity contribution in [1.82, 2.24) is 0 Å². The van der Waals surface area contributed by atoms with Crippen LogP contribution in [0.15, 0.2) is 0 Å². The highest BCUT2D eigenvalue weighted by Crippen LogP contribution is 2.52. The molecule has 0 aromatic heterocycles. The molecule has 0 N–H and O–H groups in total. The summed E-state index contributed by atoms with van der Waals surface area (Å²) in [5.41, 5.74) is 0. The Hall–Kier alpha value is 0.110. The van der Waals surface area contributed by atoms with Gasteiger partial charge >= 0.3 is 7.60 Å². The highest BCUT2D eigenvalue weighted by Gasteiger charge is 2.31. The summed E-state index contributed by atoms with van der Waals surface area (Å²) in [5.74, 6) is -0.537. The highest BCUT2D eigenvalue weighted by atomic mass is 35.5. The topological polar surface area (TPSA) is 52.6 Å². The van der Waals surface area contributed by atoms with Crippen LogP contribution in [-0.2, 0) is 18.4 Å². The quantitative estimate of drug-likeness (QED) is 0.525. The fourth-order valence-corrected chi connectivity index (χ4v) is 3.69. The predicted octanol–water partition coefficient (Wildman–Crippen LogP) is 3.43. The molecule has 0 aliphatic heterocycles. The first-order valence-electron chi connectivity index (χ1n) is 5.31. The largest absolute Gasteiger partial charge is 0.331 e. The summed E-state index contributed by atoms with van der Waals surface area (Å²) in [7, 11) is -3.25. The second kappa shape index (κ2) is 6.75. The van der Waals surface area contributed by atoms with Crippen molar-refractivity contribution in [2.24, 2.45) is 5.92 Å². The molecule has 1 unspecified atom stereocenters. The van der Waals surface area contributed by atoms with E-state index in [-0.39, 0.29) is 18.4 Å². The normalized spacial score (nSPS) is 14.5. The Kier molecular flexibility index (Phi) is 6.80. The van der Waals surface area contributed by atoms with Crippen molar-refractivity contribution in [1.29, 1.82) is 0 Å². The molecule has 0 bridgehead atoms. The Labute approximate surface area is 102 Å². The Morgan fingerprint density at radius 1 is 1.12 bits per heavy atom. The molecule has 0 aliphatic carbocycles. The molecule has 0 radical (unpaired) electrons. The van der Waals surface area contributed by atoms with Crippen LogP contribution in [0.1, 0.15) is 34.6 Å². The van der Waals surface area contributed by atoms with Crippen LogP contribution in [0.3, 0.4) is 0 Å². The van der Waals surface area contributed by atoms with E-state index in [9.17, 15) is 9.36 Å². The molecule has 4 nitrogen and oxygen atoms in total. The number of hydrogen-bond acceptors (Lipinski definition) is 4. The average molecular weight is 271 g/mol. The lowest BCUT2D eigenvalue weighted by atomic mass is 10.2. The van der Waals surface area contributed by atoms with Gasteiger partial charge in [-0.3, -0.25) is 9.36 Å². The summed E-state index contributed by atoms with van der Waals surface area (Å²) < 4.78 is 22.9. The Morgan fingerprint density at radius 3 is 1.75 bits per heavy atom. The second-order valence-corrected chi connectivity index (χ2v) is 6.69. The van der Waals surface area contributed by atoms with Crippen molar-refractivity contribution in [3.63, 3.8) is 0 Å². The summed E-state index contributed by atoms with van der Waals surface area (Å²) in [6.07, 6.45) is -0.421. The number of carbonyl (C=O) groups excluding carboxylic acids is 1. The summed E-state index contributed by atoms with van der Waals surface area (Å²) in [6.45, 7) is 8.68. The zero-order chi connectivity index (χ0) is 12.9. The van der Waals surface area contributed by atoms with Gasteiger partial charge in [0.2, 0.25) is 5.24 Å². The molecular weight excluding hydrogens is 251 g/mol. The van der Waals surface area contributed by atoms with E-state index in [0.717, 1.165) is 0 Å². The summed E-state index contributed by atoms with van der Waals surface area (Å²) >= 11 is 5.34. The first kappa shape index (κ1) is 16.1. The van der Waals surface area contributed by atoms with Gasteiger partial charge in [-0.05, 0) is 39.3 Å². The first-order valence-corrected chi connectivity index (χ1v) is 7.42. The van der Waals surface area contributed by atoms with Crippen molar-refractivity contribution >= 4 is 24.4 Å². The Bertz CT molecular complexity index is 264. The van der Waals surface area contributed by atoms with Crippen LogP contribution in [0.5, 0.6) is 0 Å². The smallest absolute Gasteiger partial charge is 0.306 e. The molecule has 1 atom stereocenters. The predicted molar refractivity (Wildman–Crippen MR) is 64.9 cm³/mol. The van der Waals surface area contributed by atoms with Gasteiger partial charge in [-0.15, -0.1) is 0 Å². The zero-order valence-electron chi connectivity index (χ0n) is 10.4. The molecule has 6 heteroatoms. The van der Waals surface area contributed by atoms with Crippen molar-refractivity contribution in [2.75, 3.05) is 6.16 Å². The van der Waals surface area contributed by atoms with Gasteiger partial charge in [0.25, 0.3) is 0 Å². The highest BCUT2D eigenvalue weighted by molar-refractivity contribution is 7.54. The minimum absolute atomic E-state index is 0.0195. The first-order chi connectivity index (χ1) is 7.16. The number of carbonyl (C=O) groups is 1. The maximum Gasteiger partial charge on any atom is 0.331 e. The van der Waals surface area contributed by atoms with E-state index in [1.807, 2.05) is 0 Å². The third kappa shape index (κ3) is 6.64. The van der Waals surface area contributed by atoms with Crippen molar-refractivity contribution in [2.45, 2.75) is 46.8 Å². The van der Waals surface area contributed by atoms with Crippen LogP contribution < -0.4 is 0 Å². The maximum atomic E-state index is 12.3. The van der Waals surface area contributed by atoms with Crippen LogP contribution >= 0.6 is 19.2 Å². The lowest BCUT2D eigenvalue weighted by molar-refractivity contribution is -0.114. The third-order valence-corrected chi connectivity index (χ3v) is 4.48. The van der Waals surface area contributed by atoms with Gasteiger partial charge < -0.3 is 9.05 Å². The Balaban J connectivity index is 4.66. The molecule has 0 fully saturated rings. The van der Waals surface area contributed by atoms with Crippen LogP contribution in [0.2, 0.25) is 0 Å². The standard InChI is InChI=1S/C10H20ClO4P/c1-7(2)14-16(13,15-8(3)4)6-9(5)10(11)12/h7-9H,6H2,1-5H3. The van der Waals surface area contributed by atoms with Crippen LogP contribution in [0, 0.1) is 5.92 Å². The molecule has 0 heterocycles. The van der Waals surface area contributed by atoms with Crippen molar-refractivity contribution in [3.8, 4) is 0 Å². The molecule has 0 saturated carbocycles. The van der Waals surface area contributed by atoms with E-state index in [1.165, 1.54) is 0 Å². The fourth-order valence-electron chi connectivity index (χ4n) is 1.16. The summed E-state index contributed by atoms with van der Waals surface area (Å²) in [6, 6.07) is 0. The molecule has 0 amide bonds. The monoisotopic (exact) mass is 270 g/mol. The number of hydrogen-bond donors (Lipinski definition) is 0. The maximum absolute atomic E-state index is 12.3. The van der Waals surface area contributed by atoms with E-state index in [0.29, 0.717) is 0 Å². The van der Waals surface area contributed by atoms with Gasteiger partial charge in [0.1, 0.15) is 0 Å². The minimum Gasteiger partial charge on any atom is -0.306 e. The lowest BCUT2D eigenvalue weighted by Crippen LogP contribution is -2.16. The van der Waals surface area contributed by atoms with Crippen LogP contribution in [0.4, 0.5) is 0 Å². The van der Waals surface area contributed by atoms with E-state index >= 15 is 0 Å². The number of rotatable bonds is 7. The SMILES string of the molecule is CC(C)OP(=O)(CC(C)C(=O)Cl)OC(C)C. The van der Waals surface area contributed by atoms with Gasteiger partial charge in [0, 0.05) is 5.92 Å². The van der Waals surface area contributed by atoms with Gasteiger partial charge in [-0.2, -0.15) is 0 Å². The molecular formula is C10H20ClO4P. The third-order valence-electron chi connectivity index (χ3n) is 1.63. The van der Waals surface area contributed by atoms with E-state index in [4.69, 9.17) is 20.6 Å². The van der Waals surface area contributed by atoms with Gasteiger partial charge in [-0.25, -0.2) is 0 Å². The van der Waals surface area contributed by atoms with Gasteiger partial charge in [-0.1, -0.05) is 6.92 Å². The second-order valence-electron chi connectivity index (χ2n) is 4.31. The summed E-state index contributed by atoms with van der Waals surface area (Å²) in [4.78, 5) is 10.9. The van der Waals surface area contributed by atoms with E-state index in [2.05, 4.69) is 0 Å². The molecule has 96 valence electrons. The molecule has 0 aliphatic rings. The molecule has 0 saturated heterocycles. The molecule has 0 aromatic rings. The Morgan fingerprint density at radius 2 is 1.50 bits per heavy atom. The molecule has 0 spiro atoms. The zero-order valence-corrected chi connectivity index (χ0v) is 12.0. The lowest BCUT2D eigenvalue weighted by Gasteiger charge is -2.24. The average Bonchev–Trinajstić information content (AvgIpc) is 1.98. The van der Waals surface area contributed by atoms with E-state index in [1.54, 1.807) is 34.6 Å². The van der Waals surface area contributed by atoms with Crippen LogP contribution in [0.25, 0.3) is 0 Å². The fraction of sp³-hybridized carbons (Fsp3) is 0.900. The van der Waals surface area contributed by atoms with Gasteiger partial charge in [0.15, 0.2) is 0 Å². The van der Waals surface area contributed by atoms with Gasteiger partial charge in [0.05, 0.1) is 18.4 Å². The van der Waals surface area contributed by atoms with E-state index < -0.39 is 18.8 Å². The van der Waals surface area contributed by atoms with Crippen molar-refractivity contribution < 1.29 is 18.4 Å². The summed E-state index contributed by atoms with van der Waals surface area (Å²) in [5, 5.41) is -0.528. The molecule has 16 heavy (non-hydrogen) atoms. The number of halogens is 1.